The number of ether oxygens (including phenoxy) is 1. The lowest BCUT2D eigenvalue weighted by Gasteiger charge is -2.44. The SMILES string of the molecule is CC(CC1COCCN1)NCC1(N(C)C)CCCCC1. The molecule has 4 nitrogen and oxygen atoms in total. The van der Waals surface area contributed by atoms with Crippen molar-refractivity contribution in [3.63, 3.8) is 0 Å². The molecule has 1 saturated carbocycles. The predicted molar refractivity (Wildman–Crippen MR) is 84.2 cm³/mol. The quantitative estimate of drug-likeness (QED) is 0.776. The summed E-state index contributed by atoms with van der Waals surface area (Å²) in [4.78, 5) is 2.45. The van der Waals surface area contributed by atoms with Gasteiger partial charge in [-0.2, -0.15) is 0 Å². The summed E-state index contributed by atoms with van der Waals surface area (Å²) >= 11 is 0. The minimum absolute atomic E-state index is 0.378. The molecule has 0 amide bonds. The first-order valence-electron chi connectivity index (χ1n) is 8.34. The molecule has 1 aliphatic carbocycles. The highest BCUT2D eigenvalue weighted by atomic mass is 16.5. The maximum atomic E-state index is 5.54. The number of likely N-dealkylation sites (N-methyl/N-ethyl adjacent to an activating group) is 1. The molecule has 0 aromatic rings. The maximum Gasteiger partial charge on any atom is 0.0620 e. The van der Waals surface area contributed by atoms with Gasteiger partial charge in [0.1, 0.15) is 0 Å². The number of rotatable bonds is 6. The zero-order chi connectivity index (χ0) is 14.4. The van der Waals surface area contributed by atoms with E-state index in [0.29, 0.717) is 17.6 Å². The molecule has 2 unspecified atom stereocenters. The lowest BCUT2D eigenvalue weighted by atomic mass is 9.80. The predicted octanol–water partition coefficient (Wildman–Crippen LogP) is 1.61. The maximum absolute atomic E-state index is 5.54. The number of hydrogen-bond donors (Lipinski definition) is 2. The van der Waals surface area contributed by atoms with Crippen LogP contribution < -0.4 is 10.6 Å². The van der Waals surface area contributed by atoms with Crippen molar-refractivity contribution in [1.82, 2.24) is 15.5 Å². The molecule has 2 rings (SSSR count). The third-order valence-corrected chi connectivity index (χ3v) is 5.15. The minimum atomic E-state index is 0.378. The van der Waals surface area contributed by atoms with Gasteiger partial charge in [-0.25, -0.2) is 0 Å². The Kier molecular flexibility index (Phi) is 6.27. The van der Waals surface area contributed by atoms with Gasteiger partial charge in [0.2, 0.25) is 0 Å². The Labute approximate surface area is 124 Å². The molecule has 1 heterocycles. The van der Waals surface area contributed by atoms with Gasteiger partial charge in [0, 0.05) is 30.7 Å². The van der Waals surface area contributed by atoms with Gasteiger partial charge in [0.25, 0.3) is 0 Å². The number of morpholine rings is 1. The third-order valence-electron chi connectivity index (χ3n) is 5.15. The van der Waals surface area contributed by atoms with Crippen LogP contribution in [0.4, 0.5) is 0 Å². The minimum Gasteiger partial charge on any atom is -0.379 e. The lowest BCUT2D eigenvalue weighted by molar-refractivity contribution is 0.0675. The first-order chi connectivity index (χ1) is 9.62. The highest BCUT2D eigenvalue weighted by molar-refractivity contribution is 4.93. The highest BCUT2D eigenvalue weighted by Gasteiger charge is 2.34. The van der Waals surface area contributed by atoms with E-state index in [4.69, 9.17) is 4.74 Å². The van der Waals surface area contributed by atoms with Crippen LogP contribution in [0.1, 0.15) is 45.4 Å². The van der Waals surface area contributed by atoms with E-state index in [-0.39, 0.29) is 0 Å². The van der Waals surface area contributed by atoms with Gasteiger partial charge >= 0.3 is 0 Å². The molecule has 118 valence electrons. The Morgan fingerprint density at radius 3 is 2.65 bits per heavy atom. The Balaban J connectivity index is 1.76. The average Bonchev–Trinajstić information content (AvgIpc) is 2.47. The van der Waals surface area contributed by atoms with Crippen molar-refractivity contribution >= 4 is 0 Å². The first kappa shape index (κ1) is 16.2. The van der Waals surface area contributed by atoms with Crippen molar-refractivity contribution in [1.29, 1.82) is 0 Å². The molecule has 1 aliphatic heterocycles. The molecule has 0 bridgehead atoms. The summed E-state index contributed by atoms with van der Waals surface area (Å²) in [5, 5.41) is 7.33. The zero-order valence-electron chi connectivity index (χ0n) is 13.6. The van der Waals surface area contributed by atoms with Crippen LogP contribution in [0, 0.1) is 0 Å². The van der Waals surface area contributed by atoms with Gasteiger partial charge in [0.05, 0.1) is 13.2 Å². The molecule has 4 heteroatoms. The second kappa shape index (κ2) is 7.74. The summed E-state index contributed by atoms with van der Waals surface area (Å²) in [5.41, 5.74) is 0.378. The Morgan fingerprint density at radius 2 is 2.05 bits per heavy atom. The average molecular weight is 283 g/mol. The van der Waals surface area contributed by atoms with Gasteiger partial charge < -0.3 is 20.3 Å². The summed E-state index contributed by atoms with van der Waals surface area (Å²) in [6, 6.07) is 1.07. The van der Waals surface area contributed by atoms with Gasteiger partial charge in [-0.3, -0.25) is 0 Å². The molecule has 0 spiro atoms. The standard InChI is InChI=1S/C16H33N3O/c1-14(11-15-12-20-10-9-17-15)18-13-16(19(2)3)7-5-4-6-8-16/h14-15,17-18H,4-13H2,1-3H3. The van der Waals surface area contributed by atoms with Crippen LogP contribution in [-0.2, 0) is 4.74 Å². The van der Waals surface area contributed by atoms with E-state index < -0.39 is 0 Å². The molecule has 2 fully saturated rings. The Bertz CT molecular complexity index is 271. The second-order valence-electron chi connectivity index (χ2n) is 6.92. The van der Waals surface area contributed by atoms with Crippen LogP contribution >= 0.6 is 0 Å². The fourth-order valence-corrected chi connectivity index (χ4v) is 3.64. The van der Waals surface area contributed by atoms with Gasteiger partial charge in [-0.05, 0) is 40.3 Å². The van der Waals surface area contributed by atoms with Crippen LogP contribution in [0.25, 0.3) is 0 Å². The van der Waals surface area contributed by atoms with E-state index in [2.05, 4.69) is 36.6 Å². The van der Waals surface area contributed by atoms with E-state index in [0.717, 1.165) is 32.7 Å². The molecule has 1 saturated heterocycles. The third kappa shape index (κ3) is 4.42. The fraction of sp³-hybridized carbons (Fsp3) is 1.00. The summed E-state index contributed by atoms with van der Waals surface area (Å²) in [6.07, 6.45) is 8.01. The van der Waals surface area contributed by atoms with Crippen molar-refractivity contribution in [2.24, 2.45) is 0 Å². The zero-order valence-corrected chi connectivity index (χ0v) is 13.6. The largest absolute Gasteiger partial charge is 0.379 e. The molecular weight excluding hydrogens is 250 g/mol. The second-order valence-corrected chi connectivity index (χ2v) is 6.92. The van der Waals surface area contributed by atoms with Crippen LogP contribution in [0.3, 0.4) is 0 Å². The van der Waals surface area contributed by atoms with Gasteiger partial charge in [-0.15, -0.1) is 0 Å². The van der Waals surface area contributed by atoms with Crippen LogP contribution in [0.5, 0.6) is 0 Å². The van der Waals surface area contributed by atoms with E-state index in [1.165, 1.54) is 32.1 Å². The molecule has 0 radical (unpaired) electrons. The molecule has 0 aromatic heterocycles. The van der Waals surface area contributed by atoms with E-state index in [1.54, 1.807) is 0 Å². The van der Waals surface area contributed by atoms with Crippen molar-refractivity contribution in [2.45, 2.75) is 63.1 Å². The Morgan fingerprint density at radius 1 is 1.30 bits per heavy atom. The topological polar surface area (TPSA) is 36.5 Å². The smallest absolute Gasteiger partial charge is 0.0620 e. The molecule has 2 N–H and O–H groups in total. The highest BCUT2D eigenvalue weighted by Crippen LogP contribution is 2.31. The fourth-order valence-electron chi connectivity index (χ4n) is 3.64. The van der Waals surface area contributed by atoms with Crippen LogP contribution in [-0.4, -0.2) is 62.9 Å². The number of nitrogens with zero attached hydrogens (tertiary/aromatic N) is 1. The summed E-state index contributed by atoms with van der Waals surface area (Å²) < 4.78 is 5.54. The normalized spacial score (nSPS) is 28.5. The monoisotopic (exact) mass is 283 g/mol. The molecule has 2 aliphatic rings. The van der Waals surface area contributed by atoms with Crippen molar-refractivity contribution in [3.05, 3.63) is 0 Å². The van der Waals surface area contributed by atoms with Gasteiger partial charge in [0.15, 0.2) is 0 Å². The summed E-state index contributed by atoms with van der Waals surface area (Å²) in [6.45, 7) is 6.16. The number of hydrogen-bond acceptors (Lipinski definition) is 4. The van der Waals surface area contributed by atoms with Crippen molar-refractivity contribution in [2.75, 3.05) is 40.4 Å². The number of nitrogens with one attached hydrogen (secondary N) is 2. The first-order valence-corrected chi connectivity index (χ1v) is 8.34. The molecular formula is C16H33N3O. The van der Waals surface area contributed by atoms with E-state index in [9.17, 15) is 0 Å². The molecule has 0 aromatic carbocycles. The lowest BCUT2D eigenvalue weighted by Crippen LogP contribution is -2.55. The van der Waals surface area contributed by atoms with Crippen LogP contribution in [0.15, 0.2) is 0 Å². The summed E-state index contributed by atoms with van der Waals surface area (Å²) in [7, 11) is 4.49. The van der Waals surface area contributed by atoms with E-state index in [1.807, 2.05) is 0 Å². The van der Waals surface area contributed by atoms with Crippen molar-refractivity contribution in [3.8, 4) is 0 Å². The molecule has 2 atom stereocenters. The van der Waals surface area contributed by atoms with Crippen LogP contribution in [0.2, 0.25) is 0 Å². The van der Waals surface area contributed by atoms with Crippen molar-refractivity contribution < 1.29 is 4.74 Å². The van der Waals surface area contributed by atoms with E-state index >= 15 is 0 Å². The molecule has 20 heavy (non-hydrogen) atoms. The summed E-state index contributed by atoms with van der Waals surface area (Å²) in [5.74, 6) is 0. The van der Waals surface area contributed by atoms with Gasteiger partial charge in [-0.1, -0.05) is 19.3 Å². The Hall–Kier alpha value is -0.160.